The second kappa shape index (κ2) is 12.6. The number of piperidine rings is 1. The van der Waals surface area contributed by atoms with Gasteiger partial charge in [-0.15, -0.1) is 24.0 Å². The van der Waals surface area contributed by atoms with Crippen molar-refractivity contribution in [1.29, 1.82) is 0 Å². The highest BCUT2D eigenvalue weighted by molar-refractivity contribution is 14.0. The third-order valence-electron chi connectivity index (χ3n) is 5.77. The van der Waals surface area contributed by atoms with Crippen LogP contribution in [0, 0.1) is 0 Å². The van der Waals surface area contributed by atoms with Crippen molar-refractivity contribution in [2.24, 2.45) is 4.99 Å². The standard InChI is InChI=1S/C24H32N6O2.HI/c1-2-25-24(28-19-11-16-29(17-12-19)22-10-5-6-13-26-22)27-14-7-15-30-20-8-3-4-9-21(20)32-18-23(30)31;/h3-6,8-10,13,19H,2,7,11-12,14-18H2,1H3,(H2,25,27,28);1H. The van der Waals surface area contributed by atoms with Gasteiger partial charge in [0.05, 0.1) is 5.69 Å². The molecule has 1 amide bonds. The average Bonchev–Trinajstić information content (AvgIpc) is 2.84. The van der Waals surface area contributed by atoms with Gasteiger partial charge in [-0.05, 0) is 50.5 Å². The van der Waals surface area contributed by atoms with Gasteiger partial charge in [-0.1, -0.05) is 18.2 Å². The number of carbonyl (C=O) groups excluding carboxylic acids is 1. The van der Waals surface area contributed by atoms with E-state index in [1.807, 2.05) is 47.5 Å². The van der Waals surface area contributed by atoms with E-state index in [-0.39, 0.29) is 36.5 Å². The fourth-order valence-corrected chi connectivity index (χ4v) is 4.13. The molecule has 4 rings (SSSR count). The number of aromatic nitrogens is 1. The van der Waals surface area contributed by atoms with Crippen molar-refractivity contribution in [3.05, 3.63) is 48.7 Å². The molecule has 1 aromatic carbocycles. The van der Waals surface area contributed by atoms with Gasteiger partial charge >= 0.3 is 0 Å². The molecular formula is C24H33IN6O2. The Labute approximate surface area is 212 Å². The maximum atomic E-state index is 12.3. The Kier molecular flexibility index (Phi) is 9.59. The molecule has 2 aliphatic heterocycles. The van der Waals surface area contributed by atoms with Gasteiger partial charge in [0.1, 0.15) is 11.6 Å². The first-order valence-electron chi connectivity index (χ1n) is 11.5. The topological polar surface area (TPSA) is 82.1 Å². The van der Waals surface area contributed by atoms with Crippen LogP contribution in [0.5, 0.6) is 5.75 Å². The fourth-order valence-electron chi connectivity index (χ4n) is 4.13. The average molecular weight is 564 g/mol. The monoisotopic (exact) mass is 564 g/mol. The molecule has 0 unspecified atom stereocenters. The van der Waals surface area contributed by atoms with Crippen LogP contribution in [0.15, 0.2) is 53.7 Å². The zero-order valence-corrected chi connectivity index (χ0v) is 21.4. The number of para-hydroxylation sites is 2. The number of aliphatic imine (C=N–C) groups is 1. The van der Waals surface area contributed by atoms with Crippen LogP contribution >= 0.6 is 24.0 Å². The number of pyridine rings is 1. The van der Waals surface area contributed by atoms with Gasteiger partial charge in [-0.3, -0.25) is 9.79 Å². The summed E-state index contributed by atoms with van der Waals surface area (Å²) in [5.74, 6) is 2.66. The Morgan fingerprint density at radius 2 is 1.97 bits per heavy atom. The smallest absolute Gasteiger partial charge is 0.265 e. The van der Waals surface area contributed by atoms with Gasteiger partial charge in [-0.25, -0.2) is 4.98 Å². The van der Waals surface area contributed by atoms with E-state index in [4.69, 9.17) is 9.73 Å². The van der Waals surface area contributed by atoms with Crippen LogP contribution in [-0.2, 0) is 4.79 Å². The molecule has 2 aliphatic rings. The second-order valence-electron chi connectivity index (χ2n) is 8.01. The summed E-state index contributed by atoms with van der Waals surface area (Å²) in [6.45, 7) is 6.22. The largest absolute Gasteiger partial charge is 0.482 e. The van der Waals surface area contributed by atoms with Crippen LogP contribution in [0.3, 0.4) is 0 Å². The number of nitrogens with one attached hydrogen (secondary N) is 2. The van der Waals surface area contributed by atoms with Gasteiger partial charge in [0.25, 0.3) is 5.91 Å². The van der Waals surface area contributed by atoms with Crippen molar-refractivity contribution in [2.75, 3.05) is 49.1 Å². The summed E-state index contributed by atoms with van der Waals surface area (Å²) in [5, 5.41) is 6.93. The van der Waals surface area contributed by atoms with Gasteiger partial charge in [0.15, 0.2) is 12.6 Å². The minimum absolute atomic E-state index is 0. The molecule has 2 aromatic rings. The van der Waals surface area contributed by atoms with Gasteiger partial charge < -0.3 is 25.2 Å². The molecule has 1 aromatic heterocycles. The number of guanidine groups is 1. The number of amides is 1. The van der Waals surface area contributed by atoms with E-state index in [9.17, 15) is 4.79 Å². The zero-order valence-electron chi connectivity index (χ0n) is 19.1. The van der Waals surface area contributed by atoms with Gasteiger partial charge in [0, 0.05) is 45.0 Å². The predicted octanol–water partition coefficient (Wildman–Crippen LogP) is 3.04. The van der Waals surface area contributed by atoms with Gasteiger partial charge in [-0.2, -0.15) is 0 Å². The van der Waals surface area contributed by atoms with Crippen LogP contribution in [0.4, 0.5) is 11.5 Å². The number of nitrogens with zero attached hydrogens (tertiary/aromatic N) is 4. The Bertz CT molecular complexity index is 918. The van der Waals surface area contributed by atoms with Crippen molar-refractivity contribution in [1.82, 2.24) is 15.6 Å². The quantitative estimate of drug-likeness (QED) is 0.233. The first-order chi connectivity index (χ1) is 15.7. The lowest BCUT2D eigenvalue weighted by Crippen LogP contribution is -2.49. The molecule has 8 nitrogen and oxygen atoms in total. The number of halogens is 1. The summed E-state index contributed by atoms with van der Waals surface area (Å²) >= 11 is 0. The van der Waals surface area contributed by atoms with Crippen LogP contribution in [0.2, 0.25) is 0 Å². The third kappa shape index (κ3) is 6.72. The number of benzene rings is 1. The van der Waals surface area contributed by atoms with Crippen molar-refractivity contribution >= 4 is 47.3 Å². The van der Waals surface area contributed by atoms with Gasteiger partial charge in [0.2, 0.25) is 0 Å². The van der Waals surface area contributed by atoms with Crippen LogP contribution < -0.4 is 25.2 Å². The first-order valence-corrected chi connectivity index (χ1v) is 11.5. The molecule has 1 fully saturated rings. The molecule has 1 saturated heterocycles. The number of anilines is 2. The first kappa shape index (κ1) is 25.1. The number of hydrogen-bond donors (Lipinski definition) is 2. The van der Waals surface area contributed by atoms with Crippen molar-refractivity contribution in [2.45, 2.75) is 32.2 Å². The van der Waals surface area contributed by atoms with E-state index in [1.165, 1.54) is 0 Å². The molecule has 2 N–H and O–H groups in total. The molecule has 33 heavy (non-hydrogen) atoms. The summed E-state index contributed by atoms with van der Waals surface area (Å²) in [6, 6.07) is 14.1. The molecule has 0 spiro atoms. The van der Waals surface area contributed by atoms with Crippen LogP contribution in [0.1, 0.15) is 26.2 Å². The van der Waals surface area contributed by atoms with E-state index in [0.29, 0.717) is 19.1 Å². The molecule has 0 saturated carbocycles. The number of carbonyl (C=O) groups is 1. The minimum atomic E-state index is -0.00243. The second-order valence-corrected chi connectivity index (χ2v) is 8.01. The molecule has 0 bridgehead atoms. The molecular weight excluding hydrogens is 531 g/mol. The van der Waals surface area contributed by atoms with Crippen molar-refractivity contribution < 1.29 is 9.53 Å². The van der Waals surface area contributed by atoms with E-state index in [1.54, 1.807) is 0 Å². The summed E-state index contributed by atoms with van der Waals surface area (Å²) in [5.41, 5.74) is 0.845. The highest BCUT2D eigenvalue weighted by Gasteiger charge is 2.24. The molecule has 178 valence electrons. The lowest BCUT2D eigenvalue weighted by Gasteiger charge is -2.33. The van der Waals surface area contributed by atoms with E-state index >= 15 is 0 Å². The highest BCUT2D eigenvalue weighted by atomic mass is 127. The summed E-state index contributed by atoms with van der Waals surface area (Å²) in [7, 11) is 0. The van der Waals surface area contributed by atoms with Crippen molar-refractivity contribution in [3.8, 4) is 5.75 Å². The number of fused-ring (bicyclic) bond motifs is 1. The minimum Gasteiger partial charge on any atom is -0.482 e. The SMILES string of the molecule is CCNC(=NCCCN1C(=O)COc2ccccc21)NC1CCN(c2ccccn2)CC1.I. The lowest BCUT2D eigenvalue weighted by molar-refractivity contribution is -0.121. The summed E-state index contributed by atoms with van der Waals surface area (Å²) < 4.78 is 5.52. The summed E-state index contributed by atoms with van der Waals surface area (Å²) in [4.78, 5) is 25.7. The summed E-state index contributed by atoms with van der Waals surface area (Å²) in [6.07, 6.45) is 4.72. The lowest BCUT2D eigenvalue weighted by atomic mass is 10.1. The Morgan fingerprint density at radius 1 is 1.18 bits per heavy atom. The van der Waals surface area contributed by atoms with E-state index in [2.05, 4.69) is 33.5 Å². The number of hydrogen-bond acceptors (Lipinski definition) is 5. The fraction of sp³-hybridized carbons (Fsp3) is 0.458. The molecule has 3 heterocycles. The maximum absolute atomic E-state index is 12.3. The number of ether oxygens (including phenoxy) is 1. The third-order valence-corrected chi connectivity index (χ3v) is 5.77. The molecule has 0 atom stereocenters. The van der Waals surface area contributed by atoms with Crippen LogP contribution in [0.25, 0.3) is 0 Å². The molecule has 0 radical (unpaired) electrons. The van der Waals surface area contributed by atoms with Crippen molar-refractivity contribution in [3.63, 3.8) is 0 Å². The Morgan fingerprint density at radius 3 is 2.73 bits per heavy atom. The predicted molar refractivity (Wildman–Crippen MR) is 143 cm³/mol. The van der Waals surface area contributed by atoms with E-state index in [0.717, 1.165) is 62.1 Å². The van der Waals surface area contributed by atoms with Crippen LogP contribution in [-0.4, -0.2) is 62.2 Å². The molecule has 0 aliphatic carbocycles. The van der Waals surface area contributed by atoms with E-state index < -0.39 is 0 Å². The Balaban J connectivity index is 0.00000306. The number of rotatable bonds is 7. The zero-order chi connectivity index (χ0) is 22.2. The highest BCUT2D eigenvalue weighted by Crippen LogP contribution is 2.31. The molecule has 9 heteroatoms. The normalized spacial score (nSPS) is 16.5. The Hall–Kier alpha value is -2.56. The maximum Gasteiger partial charge on any atom is 0.265 e.